The van der Waals surface area contributed by atoms with Crippen molar-refractivity contribution in [2.45, 2.75) is 45.7 Å². The van der Waals surface area contributed by atoms with Gasteiger partial charge < -0.3 is 15.4 Å². The summed E-state index contributed by atoms with van der Waals surface area (Å²) in [7, 11) is 1.62. The molecule has 0 aliphatic rings. The third-order valence-corrected chi connectivity index (χ3v) is 4.18. The molecule has 0 radical (unpaired) electrons. The second-order valence-corrected chi connectivity index (χ2v) is 7.50. The van der Waals surface area contributed by atoms with Gasteiger partial charge in [-0.15, -0.1) is 0 Å². The molecule has 0 fully saturated rings. The lowest BCUT2D eigenvalue weighted by Crippen LogP contribution is -2.41. The van der Waals surface area contributed by atoms with Gasteiger partial charge in [0.15, 0.2) is 0 Å². The number of methoxy groups -OCH3 is 1. The fraction of sp³-hybridized carbons (Fsp3) is 0.450. The summed E-state index contributed by atoms with van der Waals surface area (Å²) in [6.45, 7) is 9.13. The largest absolute Gasteiger partial charge is 0.383 e. The van der Waals surface area contributed by atoms with E-state index in [1.54, 1.807) is 43.2 Å². The third kappa shape index (κ3) is 5.92. The predicted octanol–water partition coefficient (Wildman–Crippen LogP) is 2.58. The Kier molecular flexibility index (Phi) is 6.74. The molecule has 2 amide bonds. The Hall–Kier alpha value is -2.67. The summed E-state index contributed by atoms with van der Waals surface area (Å²) in [6, 6.07) is 6.75. The number of hydrogen-bond acceptors (Lipinski definition) is 4. The van der Waals surface area contributed by atoms with Crippen LogP contribution in [0.15, 0.2) is 36.7 Å². The highest BCUT2D eigenvalue weighted by Gasteiger charge is 2.18. The average molecular weight is 372 g/mol. The summed E-state index contributed by atoms with van der Waals surface area (Å²) in [6.07, 6.45) is 3.28. The molecule has 146 valence electrons. The average Bonchev–Trinajstić information content (AvgIpc) is 3.06. The van der Waals surface area contributed by atoms with Gasteiger partial charge in [-0.3, -0.25) is 14.3 Å². The number of benzene rings is 1. The monoisotopic (exact) mass is 372 g/mol. The maximum absolute atomic E-state index is 12.4. The van der Waals surface area contributed by atoms with Gasteiger partial charge in [-0.1, -0.05) is 32.9 Å². The minimum Gasteiger partial charge on any atom is -0.383 e. The van der Waals surface area contributed by atoms with E-state index < -0.39 is 6.04 Å². The zero-order valence-electron chi connectivity index (χ0n) is 16.6. The molecule has 0 aliphatic heterocycles. The zero-order valence-corrected chi connectivity index (χ0v) is 16.6. The van der Waals surface area contributed by atoms with E-state index in [-0.39, 0.29) is 17.2 Å². The molecule has 2 rings (SSSR count). The molecule has 2 N–H and O–H groups in total. The van der Waals surface area contributed by atoms with Gasteiger partial charge in [0, 0.05) is 18.9 Å². The highest BCUT2D eigenvalue weighted by molar-refractivity contribution is 6.00. The fourth-order valence-electron chi connectivity index (χ4n) is 2.45. The van der Waals surface area contributed by atoms with Crippen molar-refractivity contribution < 1.29 is 14.3 Å². The lowest BCUT2D eigenvalue weighted by molar-refractivity contribution is -0.117. The summed E-state index contributed by atoms with van der Waals surface area (Å²) in [5, 5.41) is 9.60. The molecule has 2 aromatic rings. The first-order valence-corrected chi connectivity index (χ1v) is 8.94. The van der Waals surface area contributed by atoms with E-state index in [9.17, 15) is 9.59 Å². The molecular formula is C20H28N4O3. The molecule has 7 nitrogen and oxygen atoms in total. The van der Waals surface area contributed by atoms with Gasteiger partial charge in [0.25, 0.3) is 5.91 Å². The van der Waals surface area contributed by atoms with Crippen LogP contribution in [0, 0.1) is 0 Å². The van der Waals surface area contributed by atoms with Crippen molar-refractivity contribution >= 4 is 17.5 Å². The second-order valence-electron chi connectivity index (χ2n) is 7.50. The number of hydrogen-bond donors (Lipinski definition) is 2. The molecule has 0 spiro atoms. The zero-order chi connectivity index (χ0) is 20.0. The first-order chi connectivity index (χ1) is 12.7. The second kappa shape index (κ2) is 8.81. The van der Waals surface area contributed by atoms with Gasteiger partial charge >= 0.3 is 0 Å². The van der Waals surface area contributed by atoms with E-state index in [4.69, 9.17) is 4.74 Å². The molecular weight excluding hydrogens is 344 g/mol. The summed E-state index contributed by atoms with van der Waals surface area (Å²) in [5.41, 5.74) is 2.27. The summed E-state index contributed by atoms with van der Waals surface area (Å²) < 4.78 is 6.67. The van der Waals surface area contributed by atoms with Crippen LogP contribution < -0.4 is 10.6 Å². The number of amides is 2. The standard InChI is InChI=1S/C20H28N4O3/c1-14(18(25)23-17-12-21-24(13-17)10-11-27-5)22-19(26)15-6-8-16(9-7-15)20(2,3)4/h6-9,12-14H,10-11H2,1-5H3,(H,22,26)(H,23,25). The van der Waals surface area contributed by atoms with Gasteiger partial charge in [0.2, 0.25) is 5.91 Å². The van der Waals surface area contributed by atoms with E-state index in [1.165, 1.54) is 0 Å². The molecule has 27 heavy (non-hydrogen) atoms. The molecule has 7 heteroatoms. The normalized spacial score (nSPS) is 12.5. The van der Waals surface area contributed by atoms with Crippen molar-refractivity contribution in [1.82, 2.24) is 15.1 Å². The van der Waals surface area contributed by atoms with Gasteiger partial charge in [-0.05, 0) is 30.0 Å². The van der Waals surface area contributed by atoms with E-state index in [0.29, 0.717) is 24.4 Å². The minimum atomic E-state index is -0.679. The smallest absolute Gasteiger partial charge is 0.251 e. The van der Waals surface area contributed by atoms with Crippen molar-refractivity contribution in [3.63, 3.8) is 0 Å². The highest BCUT2D eigenvalue weighted by Crippen LogP contribution is 2.22. The Morgan fingerprint density at radius 1 is 1.22 bits per heavy atom. The van der Waals surface area contributed by atoms with E-state index in [2.05, 4.69) is 36.5 Å². The first kappa shape index (κ1) is 20.6. The highest BCUT2D eigenvalue weighted by atomic mass is 16.5. The van der Waals surface area contributed by atoms with Crippen LogP contribution in [0.3, 0.4) is 0 Å². The van der Waals surface area contributed by atoms with Crippen LogP contribution >= 0.6 is 0 Å². The maximum Gasteiger partial charge on any atom is 0.251 e. The Morgan fingerprint density at radius 2 is 1.89 bits per heavy atom. The molecule has 1 atom stereocenters. The third-order valence-electron chi connectivity index (χ3n) is 4.18. The van der Waals surface area contributed by atoms with Crippen LogP contribution in [0.2, 0.25) is 0 Å². The first-order valence-electron chi connectivity index (χ1n) is 8.94. The van der Waals surface area contributed by atoms with Crippen LogP contribution in [0.4, 0.5) is 5.69 Å². The number of aromatic nitrogens is 2. The molecule has 0 saturated carbocycles. The number of nitrogens with zero attached hydrogens (tertiary/aromatic N) is 2. The molecule has 1 aromatic heterocycles. The summed E-state index contributed by atoms with van der Waals surface area (Å²) >= 11 is 0. The molecule has 1 unspecified atom stereocenters. The molecule has 1 aromatic carbocycles. The number of nitrogens with one attached hydrogen (secondary N) is 2. The van der Waals surface area contributed by atoms with Crippen molar-refractivity contribution in [3.05, 3.63) is 47.8 Å². The predicted molar refractivity (Wildman–Crippen MR) is 105 cm³/mol. The molecule has 0 aliphatic carbocycles. The van der Waals surface area contributed by atoms with Gasteiger partial charge in [0.1, 0.15) is 6.04 Å². The van der Waals surface area contributed by atoms with E-state index >= 15 is 0 Å². The number of carbonyl (C=O) groups is 2. The van der Waals surface area contributed by atoms with Gasteiger partial charge in [-0.25, -0.2) is 0 Å². The maximum atomic E-state index is 12.4. The van der Waals surface area contributed by atoms with Crippen molar-refractivity contribution in [2.24, 2.45) is 0 Å². The number of rotatable bonds is 7. The van der Waals surface area contributed by atoms with E-state index in [1.807, 2.05) is 12.1 Å². The summed E-state index contributed by atoms with van der Waals surface area (Å²) in [5.74, 6) is -0.588. The van der Waals surface area contributed by atoms with Crippen LogP contribution in [0.25, 0.3) is 0 Å². The Bertz CT molecular complexity index is 775. The lowest BCUT2D eigenvalue weighted by atomic mass is 9.86. The minimum absolute atomic E-state index is 0.0237. The quantitative estimate of drug-likeness (QED) is 0.782. The van der Waals surface area contributed by atoms with Crippen molar-refractivity contribution in [3.8, 4) is 0 Å². The van der Waals surface area contributed by atoms with E-state index in [0.717, 1.165) is 5.56 Å². The van der Waals surface area contributed by atoms with Crippen LogP contribution in [-0.2, 0) is 21.5 Å². The molecule has 1 heterocycles. The summed E-state index contributed by atoms with van der Waals surface area (Å²) in [4.78, 5) is 24.7. The van der Waals surface area contributed by atoms with Gasteiger partial charge in [0.05, 0.1) is 25.0 Å². The molecule has 0 saturated heterocycles. The van der Waals surface area contributed by atoms with Crippen LogP contribution in [0.1, 0.15) is 43.6 Å². The number of carbonyl (C=O) groups excluding carboxylic acids is 2. The Morgan fingerprint density at radius 3 is 2.48 bits per heavy atom. The lowest BCUT2D eigenvalue weighted by Gasteiger charge is -2.19. The Labute approximate surface area is 160 Å². The topological polar surface area (TPSA) is 85.2 Å². The van der Waals surface area contributed by atoms with Crippen molar-refractivity contribution in [2.75, 3.05) is 19.0 Å². The molecule has 0 bridgehead atoms. The van der Waals surface area contributed by atoms with Crippen LogP contribution in [0.5, 0.6) is 0 Å². The SMILES string of the molecule is COCCn1cc(NC(=O)C(C)NC(=O)c2ccc(C(C)(C)C)cc2)cn1. The number of ether oxygens (including phenoxy) is 1. The van der Waals surface area contributed by atoms with Gasteiger partial charge in [-0.2, -0.15) is 5.10 Å². The number of anilines is 1. The van der Waals surface area contributed by atoms with Crippen molar-refractivity contribution in [1.29, 1.82) is 0 Å². The van der Waals surface area contributed by atoms with Crippen LogP contribution in [-0.4, -0.2) is 41.4 Å². The Balaban J connectivity index is 1.91. The fourth-order valence-corrected chi connectivity index (χ4v) is 2.45.